The predicted molar refractivity (Wildman–Crippen MR) is 141 cm³/mol. The fraction of sp³-hybridized carbons (Fsp3) is 0.121. The zero-order valence-corrected chi connectivity index (χ0v) is 19.3. The van der Waals surface area contributed by atoms with E-state index in [0.717, 1.165) is 25.7 Å². The Balaban J connectivity index is 1.25. The first-order valence-electron chi connectivity index (χ1n) is 12.6. The highest BCUT2D eigenvalue weighted by atomic mass is 15.2. The maximum atomic E-state index is 4.77. The van der Waals surface area contributed by atoms with Crippen molar-refractivity contribution in [2.24, 2.45) is 0 Å². The molecule has 4 aliphatic rings. The molecule has 4 aromatic carbocycles. The maximum absolute atomic E-state index is 4.77. The number of hydrogen-bond donors (Lipinski definition) is 0. The zero-order valence-electron chi connectivity index (χ0n) is 19.3. The molecule has 2 aliphatic heterocycles. The van der Waals surface area contributed by atoms with Gasteiger partial charge < -0.3 is 4.90 Å². The van der Waals surface area contributed by atoms with Gasteiger partial charge in [0.15, 0.2) is 0 Å². The number of benzene rings is 4. The highest BCUT2D eigenvalue weighted by Crippen LogP contribution is 2.54. The van der Waals surface area contributed by atoms with Crippen LogP contribution in [0, 0.1) is 0 Å². The number of para-hydroxylation sites is 1. The van der Waals surface area contributed by atoms with Gasteiger partial charge in [-0.05, 0) is 92.2 Å². The van der Waals surface area contributed by atoms with Crippen molar-refractivity contribution in [3.05, 3.63) is 130 Å². The van der Waals surface area contributed by atoms with Crippen LogP contribution in [0.25, 0.3) is 22.3 Å². The number of hydrogen-bond acceptors (Lipinski definition) is 2. The third-order valence-electron chi connectivity index (χ3n) is 8.66. The van der Waals surface area contributed by atoms with E-state index in [1.165, 1.54) is 72.8 Å². The van der Waals surface area contributed by atoms with Crippen LogP contribution >= 0.6 is 0 Å². The van der Waals surface area contributed by atoms with Gasteiger partial charge in [-0.25, -0.2) is 0 Å². The summed E-state index contributed by atoms with van der Waals surface area (Å²) in [6.45, 7) is 0. The van der Waals surface area contributed by atoms with Gasteiger partial charge in [-0.2, -0.15) is 0 Å². The zero-order chi connectivity index (χ0) is 22.7. The maximum Gasteiger partial charge on any atom is 0.0688 e. The Labute approximate surface area is 204 Å². The standard InChI is InChI=1S/C33H22N2/c1-2-8-22-19(5-1)15-26-23(22)10-11-24-25-12-13-31-29(28(25)18-27(24)26)16-20-6-3-7-21-17-30-32(9-4-14-34-30)35(31)33(20)21/h1-14H,15-18H2. The van der Waals surface area contributed by atoms with Crippen LogP contribution in [0.5, 0.6) is 0 Å². The van der Waals surface area contributed by atoms with Crippen molar-refractivity contribution in [2.45, 2.75) is 25.7 Å². The summed E-state index contributed by atoms with van der Waals surface area (Å²) < 4.78 is 0. The van der Waals surface area contributed by atoms with E-state index in [4.69, 9.17) is 4.98 Å². The highest BCUT2D eigenvalue weighted by Gasteiger charge is 2.36. The molecule has 2 nitrogen and oxygen atoms in total. The van der Waals surface area contributed by atoms with Crippen molar-refractivity contribution in [3.8, 4) is 22.3 Å². The summed E-state index contributed by atoms with van der Waals surface area (Å²) in [5.74, 6) is 0. The average Bonchev–Trinajstić information content (AvgIpc) is 3.47. The van der Waals surface area contributed by atoms with E-state index >= 15 is 0 Å². The number of rotatable bonds is 0. The second-order valence-corrected chi connectivity index (χ2v) is 10.3. The summed E-state index contributed by atoms with van der Waals surface area (Å²) in [6, 6.07) is 29.6. The van der Waals surface area contributed by atoms with Crippen LogP contribution in [0.15, 0.2) is 85.1 Å². The van der Waals surface area contributed by atoms with Crippen molar-refractivity contribution in [2.75, 3.05) is 4.90 Å². The van der Waals surface area contributed by atoms with Gasteiger partial charge >= 0.3 is 0 Å². The van der Waals surface area contributed by atoms with Crippen LogP contribution < -0.4 is 4.90 Å². The van der Waals surface area contributed by atoms with Gasteiger partial charge in [0.2, 0.25) is 0 Å². The van der Waals surface area contributed by atoms with E-state index in [9.17, 15) is 0 Å². The summed E-state index contributed by atoms with van der Waals surface area (Å²) in [5.41, 5.74) is 21.2. The van der Waals surface area contributed by atoms with Crippen molar-refractivity contribution in [3.63, 3.8) is 0 Å². The van der Waals surface area contributed by atoms with Gasteiger partial charge in [0, 0.05) is 19.0 Å². The first-order valence-corrected chi connectivity index (χ1v) is 12.6. The third-order valence-corrected chi connectivity index (χ3v) is 8.66. The largest absolute Gasteiger partial charge is 0.308 e. The van der Waals surface area contributed by atoms with Crippen molar-refractivity contribution >= 4 is 17.1 Å². The molecule has 0 radical (unpaired) electrons. The van der Waals surface area contributed by atoms with Crippen molar-refractivity contribution < 1.29 is 0 Å². The van der Waals surface area contributed by atoms with Gasteiger partial charge in [0.1, 0.15) is 0 Å². The monoisotopic (exact) mass is 446 g/mol. The van der Waals surface area contributed by atoms with E-state index in [2.05, 4.69) is 83.8 Å². The van der Waals surface area contributed by atoms with E-state index in [1.54, 1.807) is 11.1 Å². The van der Waals surface area contributed by atoms with E-state index in [0.29, 0.717) is 0 Å². The molecule has 0 atom stereocenters. The smallest absolute Gasteiger partial charge is 0.0688 e. The first kappa shape index (κ1) is 18.2. The van der Waals surface area contributed by atoms with Gasteiger partial charge in [0.05, 0.1) is 22.8 Å². The predicted octanol–water partition coefficient (Wildman–Crippen LogP) is 7.50. The number of anilines is 3. The molecule has 1 aromatic heterocycles. The van der Waals surface area contributed by atoms with Crippen LogP contribution in [0.1, 0.15) is 44.6 Å². The summed E-state index contributed by atoms with van der Waals surface area (Å²) in [5, 5.41) is 0. The SMILES string of the molecule is c1ccc2c(c1)Cc1c-2ccc2c1Cc1c-2ccc2c1Cc1cccc3c1N2c1cccnc1C3. The van der Waals surface area contributed by atoms with Gasteiger partial charge in [-0.15, -0.1) is 0 Å². The molecule has 0 saturated heterocycles. The Morgan fingerprint density at radius 3 is 2.09 bits per heavy atom. The van der Waals surface area contributed by atoms with E-state index in [1.807, 2.05) is 6.20 Å². The molecule has 9 rings (SSSR count). The lowest BCUT2D eigenvalue weighted by Gasteiger charge is -2.39. The molecule has 0 N–H and O–H groups in total. The minimum atomic E-state index is 0.911. The van der Waals surface area contributed by atoms with Gasteiger partial charge in [0.25, 0.3) is 0 Å². The normalized spacial score (nSPS) is 14.9. The Morgan fingerprint density at radius 1 is 0.486 bits per heavy atom. The summed E-state index contributed by atoms with van der Waals surface area (Å²) >= 11 is 0. The molecule has 5 aromatic rings. The van der Waals surface area contributed by atoms with Crippen LogP contribution in [-0.4, -0.2) is 4.98 Å². The molecule has 0 spiro atoms. The molecule has 164 valence electrons. The second-order valence-electron chi connectivity index (χ2n) is 10.3. The molecule has 0 saturated carbocycles. The lowest BCUT2D eigenvalue weighted by atomic mass is 9.85. The molecule has 0 unspecified atom stereocenters. The average molecular weight is 447 g/mol. The van der Waals surface area contributed by atoms with Crippen LogP contribution in [-0.2, 0) is 25.7 Å². The minimum absolute atomic E-state index is 0.911. The fourth-order valence-electron chi connectivity index (χ4n) is 7.18. The minimum Gasteiger partial charge on any atom is -0.308 e. The number of nitrogens with zero attached hydrogens (tertiary/aromatic N) is 2. The van der Waals surface area contributed by atoms with E-state index in [-0.39, 0.29) is 0 Å². The Kier molecular flexibility index (Phi) is 3.27. The summed E-state index contributed by atoms with van der Waals surface area (Å²) in [4.78, 5) is 7.26. The molecular formula is C33H22N2. The molecule has 0 bridgehead atoms. The lowest BCUT2D eigenvalue weighted by molar-refractivity contribution is 0.963. The molecule has 2 heteroatoms. The van der Waals surface area contributed by atoms with Crippen LogP contribution in [0.2, 0.25) is 0 Å². The third kappa shape index (κ3) is 2.23. The Hall–Kier alpha value is -4.17. The Morgan fingerprint density at radius 2 is 1.17 bits per heavy atom. The number of fused-ring (bicyclic) bond motifs is 12. The summed E-state index contributed by atoms with van der Waals surface area (Å²) in [6.07, 6.45) is 5.94. The summed E-state index contributed by atoms with van der Waals surface area (Å²) in [7, 11) is 0. The van der Waals surface area contributed by atoms with E-state index < -0.39 is 0 Å². The second kappa shape index (κ2) is 6.28. The molecule has 0 amide bonds. The molecule has 35 heavy (non-hydrogen) atoms. The molecule has 3 heterocycles. The number of aromatic nitrogens is 1. The van der Waals surface area contributed by atoms with Gasteiger partial charge in [-0.1, -0.05) is 60.7 Å². The lowest BCUT2D eigenvalue weighted by Crippen LogP contribution is -2.25. The Bertz CT molecular complexity index is 1760. The first-order chi connectivity index (χ1) is 17.3. The molecule has 0 fully saturated rings. The molecule has 2 aliphatic carbocycles. The van der Waals surface area contributed by atoms with Crippen LogP contribution in [0.4, 0.5) is 17.1 Å². The number of pyridine rings is 1. The van der Waals surface area contributed by atoms with Gasteiger partial charge in [-0.3, -0.25) is 4.98 Å². The topological polar surface area (TPSA) is 16.1 Å². The van der Waals surface area contributed by atoms with Crippen molar-refractivity contribution in [1.29, 1.82) is 0 Å². The highest BCUT2D eigenvalue weighted by molar-refractivity contribution is 5.93. The quantitative estimate of drug-likeness (QED) is 0.240. The molecular weight excluding hydrogens is 424 g/mol. The van der Waals surface area contributed by atoms with Crippen molar-refractivity contribution in [1.82, 2.24) is 4.98 Å². The fourth-order valence-corrected chi connectivity index (χ4v) is 7.18. The van der Waals surface area contributed by atoms with Crippen LogP contribution in [0.3, 0.4) is 0 Å².